The van der Waals surface area contributed by atoms with Gasteiger partial charge in [-0.25, -0.2) is 8.42 Å². The predicted molar refractivity (Wildman–Crippen MR) is 87.2 cm³/mol. The molecule has 1 rings (SSSR count). The zero-order valence-corrected chi connectivity index (χ0v) is 15.0. The van der Waals surface area contributed by atoms with Crippen molar-refractivity contribution in [2.75, 3.05) is 47.3 Å². The minimum Gasteiger partial charge on any atom is -0.356 e. The number of rotatable bonds is 6. The van der Waals surface area contributed by atoms with E-state index in [2.05, 4.69) is 20.5 Å². The third-order valence-corrected chi connectivity index (χ3v) is 5.36. The van der Waals surface area contributed by atoms with Crippen molar-refractivity contribution in [2.24, 2.45) is 4.99 Å². The molecule has 0 bridgehead atoms. The molecule has 0 radical (unpaired) electrons. The van der Waals surface area contributed by atoms with E-state index in [9.17, 15) is 21.6 Å². The average molecular weight is 373 g/mol. The van der Waals surface area contributed by atoms with E-state index < -0.39 is 15.5 Å². The largest absolute Gasteiger partial charge is 0.511 e. The number of aliphatic imine (C=N–C) groups is 1. The number of halogens is 3. The van der Waals surface area contributed by atoms with Crippen LogP contribution in [0.25, 0.3) is 0 Å². The molecule has 1 saturated heterocycles. The highest BCUT2D eigenvalue weighted by Gasteiger charge is 2.50. The Bertz CT molecular complexity index is 514. The fourth-order valence-electron chi connectivity index (χ4n) is 2.38. The van der Waals surface area contributed by atoms with E-state index in [-0.39, 0.29) is 19.1 Å². The summed E-state index contributed by atoms with van der Waals surface area (Å²) in [6.45, 7) is 1.34. The Balaban J connectivity index is 2.42. The summed E-state index contributed by atoms with van der Waals surface area (Å²) in [7, 11) is 0.352. The number of hydrogen-bond acceptors (Lipinski definition) is 4. The lowest BCUT2D eigenvalue weighted by atomic mass is 10.1. The quantitative estimate of drug-likeness (QED) is 0.401. The number of alkyl halides is 3. The van der Waals surface area contributed by atoms with Crippen molar-refractivity contribution in [3.05, 3.63) is 0 Å². The van der Waals surface area contributed by atoms with Crippen molar-refractivity contribution in [1.82, 2.24) is 19.8 Å². The van der Waals surface area contributed by atoms with Crippen LogP contribution < -0.4 is 10.6 Å². The number of guanidine groups is 1. The van der Waals surface area contributed by atoms with Gasteiger partial charge in [0.25, 0.3) is 0 Å². The molecule has 0 spiro atoms. The van der Waals surface area contributed by atoms with Crippen LogP contribution in [0.15, 0.2) is 4.99 Å². The van der Waals surface area contributed by atoms with E-state index in [0.29, 0.717) is 23.1 Å². The summed E-state index contributed by atoms with van der Waals surface area (Å²) in [6, 6.07) is -0.107. The van der Waals surface area contributed by atoms with Crippen molar-refractivity contribution < 1.29 is 21.6 Å². The lowest BCUT2D eigenvalue weighted by molar-refractivity contribution is -0.0494. The molecule has 142 valence electrons. The lowest BCUT2D eigenvalue weighted by Crippen LogP contribution is -2.51. The van der Waals surface area contributed by atoms with Gasteiger partial charge in [-0.15, -0.1) is 0 Å². The summed E-state index contributed by atoms with van der Waals surface area (Å²) in [5.74, 6) is 0.575. The lowest BCUT2D eigenvalue weighted by Gasteiger charge is -2.32. The van der Waals surface area contributed by atoms with Gasteiger partial charge >= 0.3 is 15.5 Å². The molecule has 0 aromatic heterocycles. The maximum atomic E-state index is 12.5. The molecule has 1 fully saturated rings. The molecule has 1 aliphatic heterocycles. The van der Waals surface area contributed by atoms with Crippen molar-refractivity contribution in [3.63, 3.8) is 0 Å². The second kappa shape index (κ2) is 8.86. The Morgan fingerprint density at radius 2 is 1.88 bits per heavy atom. The standard InChI is InChI=1S/C13H26F3N5O2S/c1-17-12(18-7-4-8-20(2)3)19-11-5-9-21(10-6-11)24(22,23)13(14,15)16/h11H,4-10H2,1-3H3,(H2,17,18,19). The average Bonchev–Trinajstić information content (AvgIpc) is 2.49. The van der Waals surface area contributed by atoms with Crippen LogP contribution in [-0.4, -0.2) is 82.5 Å². The smallest absolute Gasteiger partial charge is 0.356 e. The molecule has 0 aromatic rings. The van der Waals surface area contributed by atoms with E-state index in [1.54, 1.807) is 7.05 Å². The van der Waals surface area contributed by atoms with Gasteiger partial charge in [0.2, 0.25) is 0 Å². The van der Waals surface area contributed by atoms with Crippen LogP contribution in [-0.2, 0) is 10.0 Å². The fraction of sp³-hybridized carbons (Fsp3) is 0.923. The van der Waals surface area contributed by atoms with Gasteiger partial charge < -0.3 is 15.5 Å². The summed E-state index contributed by atoms with van der Waals surface area (Å²) >= 11 is 0. The molecule has 0 unspecified atom stereocenters. The Labute approximate surface area is 141 Å². The third kappa shape index (κ3) is 6.10. The number of sulfonamides is 1. The van der Waals surface area contributed by atoms with Crippen LogP contribution >= 0.6 is 0 Å². The van der Waals surface area contributed by atoms with Crippen molar-refractivity contribution in [2.45, 2.75) is 30.8 Å². The molecule has 0 amide bonds. The molecule has 2 N–H and O–H groups in total. The van der Waals surface area contributed by atoms with Gasteiger partial charge in [0, 0.05) is 32.7 Å². The van der Waals surface area contributed by atoms with Gasteiger partial charge in [-0.3, -0.25) is 4.99 Å². The van der Waals surface area contributed by atoms with Crippen LogP contribution in [0.4, 0.5) is 13.2 Å². The molecular weight excluding hydrogens is 347 g/mol. The van der Waals surface area contributed by atoms with E-state index >= 15 is 0 Å². The van der Waals surface area contributed by atoms with Crippen LogP contribution in [0.5, 0.6) is 0 Å². The van der Waals surface area contributed by atoms with Crippen LogP contribution in [0.2, 0.25) is 0 Å². The highest BCUT2D eigenvalue weighted by Crippen LogP contribution is 2.28. The first-order valence-corrected chi connectivity index (χ1v) is 9.20. The summed E-state index contributed by atoms with van der Waals surface area (Å²) in [4.78, 5) is 6.14. The first kappa shape index (κ1) is 21.0. The van der Waals surface area contributed by atoms with Gasteiger partial charge in [0.05, 0.1) is 0 Å². The molecule has 7 nitrogen and oxygen atoms in total. The first-order valence-electron chi connectivity index (χ1n) is 7.76. The van der Waals surface area contributed by atoms with Gasteiger partial charge in [-0.2, -0.15) is 17.5 Å². The molecule has 1 heterocycles. The topological polar surface area (TPSA) is 77.0 Å². The highest BCUT2D eigenvalue weighted by molar-refractivity contribution is 7.90. The second-order valence-electron chi connectivity index (χ2n) is 5.92. The van der Waals surface area contributed by atoms with E-state index in [1.165, 1.54) is 0 Å². The maximum Gasteiger partial charge on any atom is 0.511 e. The number of nitrogens with zero attached hydrogens (tertiary/aromatic N) is 3. The third-order valence-electron chi connectivity index (χ3n) is 3.73. The normalized spacial score (nSPS) is 18.9. The second-order valence-corrected chi connectivity index (χ2v) is 7.85. The van der Waals surface area contributed by atoms with Crippen molar-refractivity contribution >= 4 is 16.0 Å². The molecule has 0 aromatic carbocycles. The van der Waals surface area contributed by atoms with Crippen LogP contribution in [0.3, 0.4) is 0 Å². The Morgan fingerprint density at radius 1 is 1.29 bits per heavy atom. The summed E-state index contributed by atoms with van der Waals surface area (Å²) in [6.07, 6.45) is 1.53. The van der Waals surface area contributed by atoms with Gasteiger partial charge in [0.1, 0.15) is 0 Å². The summed E-state index contributed by atoms with van der Waals surface area (Å²) in [5, 5.41) is 6.27. The molecule has 0 aliphatic carbocycles. The zero-order valence-electron chi connectivity index (χ0n) is 14.2. The summed E-state index contributed by atoms with van der Waals surface area (Å²) in [5.41, 5.74) is -5.24. The molecule has 1 aliphatic rings. The zero-order chi connectivity index (χ0) is 18.4. The van der Waals surface area contributed by atoms with Crippen molar-refractivity contribution in [1.29, 1.82) is 0 Å². The summed E-state index contributed by atoms with van der Waals surface area (Å²) < 4.78 is 60.8. The molecule has 24 heavy (non-hydrogen) atoms. The number of nitrogens with one attached hydrogen (secondary N) is 2. The monoisotopic (exact) mass is 373 g/mol. The first-order chi connectivity index (χ1) is 11.1. The van der Waals surface area contributed by atoms with E-state index in [4.69, 9.17) is 0 Å². The Morgan fingerprint density at radius 3 is 2.33 bits per heavy atom. The number of piperidine rings is 1. The van der Waals surface area contributed by atoms with Crippen LogP contribution in [0, 0.1) is 0 Å². The fourth-order valence-corrected chi connectivity index (χ4v) is 3.36. The predicted octanol–water partition coefficient (Wildman–Crippen LogP) is 0.417. The van der Waals surface area contributed by atoms with Gasteiger partial charge in [-0.05, 0) is 39.9 Å². The van der Waals surface area contributed by atoms with Crippen LogP contribution in [0.1, 0.15) is 19.3 Å². The molecule has 0 atom stereocenters. The molecule has 0 saturated carbocycles. The van der Waals surface area contributed by atoms with Gasteiger partial charge in [0.15, 0.2) is 5.96 Å². The van der Waals surface area contributed by atoms with E-state index in [0.717, 1.165) is 19.5 Å². The van der Waals surface area contributed by atoms with Crippen molar-refractivity contribution in [3.8, 4) is 0 Å². The van der Waals surface area contributed by atoms with Gasteiger partial charge in [-0.1, -0.05) is 0 Å². The maximum absolute atomic E-state index is 12.5. The minimum absolute atomic E-state index is 0.107. The molecule has 11 heteroatoms. The molecular formula is C13H26F3N5O2S. The van der Waals surface area contributed by atoms with E-state index in [1.807, 2.05) is 14.1 Å². The SMILES string of the molecule is CN=C(NCCCN(C)C)NC1CCN(S(=O)(=O)C(F)(F)F)CC1. The number of hydrogen-bond donors (Lipinski definition) is 2. The minimum atomic E-state index is -5.24. The Hall–Kier alpha value is -1.07. The highest BCUT2D eigenvalue weighted by atomic mass is 32.2. The Kier molecular flexibility index (Phi) is 7.74.